The highest BCUT2D eigenvalue weighted by molar-refractivity contribution is 6.34. The van der Waals surface area contributed by atoms with Gasteiger partial charge in [-0.2, -0.15) is 5.26 Å². The van der Waals surface area contributed by atoms with Crippen molar-refractivity contribution in [3.8, 4) is 6.07 Å². The molecule has 2 amide bonds. The molecule has 0 saturated carbocycles. The quantitative estimate of drug-likeness (QED) is 0.480. The van der Waals surface area contributed by atoms with E-state index in [-0.39, 0.29) is 28.1 Å². The molecule has 0 atom stereocenters. The van der Waals surface area contributed by atoms with Gasteiger partial charge in [0.05, 0.1) is 27.3 Å². The normalized spacial score (nSPS) is 13.0. The van der Waals surface area contributed by atoms with Crippen LogP contribution < -0.4 is 4.90 Å². The predicted octanol–water partition coefficient (Wildman–Crippen LogP) is 2.27. The van der Waals surface area contributed by atoms with Crippen molar-refractivity contribution in [3.05, 3.63) is 69.3 Å². The van der Waals surface area contributed by atoms with Crippen LogP contribution in [-0.4, -0.2) is 16.7 Å². The minimum Gasteiger partial charge on any atom is -0.268 e. The van der Waals surface area contributed by atoms with Crippen molar-refractivity contribution < 1.29 is 14.5 Å². The third-order valence-electron chi connectivity index (χ3n) is 3.35. The molecule has 0 unspecified atom stereocenters. The van der Waals surface area contributed by atoms with Gasteiger partial charge in [-0.05, 0) is 18.2 Å². The van der Waals surface area contributed by atoms with Gasteiger partial charge in [0.15, 0.2) is 0 Å². The molecule has 1 aliphatic rings. The Bertz CT molecular complexity index is 848. The molecule has 0 aromatic heterocycles. The van der Waals surface area contributed by atoms with E-state index in [0.29, 0.717) is 0 Å². The van der Waals surface area contributed by atoms with Gasteiger partial charge in [-0.3, -0.25) is 19.7 Å². The molecule has 0 aliphatic carbocycles. The summed E-state index contributed by atoms with van der Waals surface area (Å²) in [6.07, 6.45) is 0. The number of fused-ring (bicyclic) bond motifs is 1. The Hall–Kier alpha value is -3.53. The number of carbonyl (C=O) groups excluding carboxylic acids is 2. The van der Waals surface area contributed by atoms with Crippen LogP contribution in [0.2, 0.25) is 0 Å². The van der Waals surface area contributed by atoms with Crippen LogP contribution in [0.25, 0.3) is 0 Å². The van der Waals surface area contributed by atoms with Gasteiger partial charge in [0.25, 0.3) is 17.5 Å². The van der Waals surface area contributed by atoms with Crippen LogP contribution in [0.15, 0.2) is 42.5 Å². The molecule has 22 heavy (non-hydrogen) atoms. The molecule has 0 spiro atoms. The lowest BCUT2D eigenvalue weighted by molar-refractivity contribution is -0.384. The number of anilines is 1. The Morgan fingerprint density at radius 3 is 2.14 bits per heavy atom. The minimum absolute atomic E-state index is 0.0410. The summed E-state index contributed by atoms with van der Waals surface area (Å²) >= 11 is 0. The average molecular weight is 293 g/mol. The molecule has 7 nitrogen and oxygen atoms in total. The zero-order chi connectivity index (χ0) is 15.9. The fourth-order valence-corrected chi connectivity index (χ4v) is 2.33. The molecule has 7 heteroatoms. The van der Waals surface area contributed by atoms with Crippen molar-refractivity contribution in [2.24, 2.45) is 0 Å². The fraction of sp³-hybridized carbons (Fsp3) is 0. The van der Waals surface area contributed by atoms with E-state index in [0.717, 1.165) is 17.0 Å². The van der Waals surface area contributed by atoms with Gasteiger partial charge in [0, 0.05) is 12.1 Å². The number of hydrogen-bond donors (Lipinski definition) is 0. The number of carbonyl (C=O) groups is 2. The van der Waals surface area contributed by atoms with Crippen LogP contribution in [-0.2, 0) is 0 Å². The minimum atomic E-state index is -0.646. The summed E-state index contributed by atoms with van der Waals surface area (Å²) in [5, 5.41) is 19.9. The van der Waals surface area contributed by atoms with Crippen LogP contribution in [0.1, 0.15) is 26.3 Å². The van der Waals surface area contributed by atoms with Crippen molar-refractivity contribution in [2.45, 2.75) is 0 Å². The summed E-state index contributed by atoms with van der Waals surface area (Å²) in [7, 11) is 0. The SMILES string of the molecule is N#Cc1cc([N+](=O)[O-])ccc1N1C(=O)c2ccccc2C1=O. The highest BCUT2D eigenvalue weighted by Crippen LogP contribution is 2.32. The Balaban J connectivity index is 2.14. The molecular formula is C15H7N3O4. The monoisotopic (exact) mass is 293 g/mol. The smallest absolute Gasteiger partial charge is 0.268 e. The number of hydrogen-bond acceptors (Lipinski definition) is 5. The lowest BCUT2D eigenvalue weighted by Crippen LogP contribution is -2.30. The summed E-state index contributed by atoms with van der Waals surface area (Å²) in [6.45, 7) is 0. The van der Waals surface area contributed by atoms with Crippen molar-refractivity contribution in [2.75, 3.05) is 4.90 Å². The maximum Gasteiger partial charge on any atom is 0.270 e. The number of imide groups is 1. The third-order valence-corrected chi connectivity index (χ3v) is 3.35. The molecule has 3 rings (SSSR count). The van der Waals surface area contributed by atoms with Crippen LogP contribution in [0.4, 0.5) is 11.4 Å². The van der Waals surface area contributed by atoms with Crippen molar-refractivity contribution in [1.82, 2.24) is 0 Å². The molecule has 0 bridgehead atoms. The molecular weight excluding hydrogens is 286 g/mol. The molecule has 0 saturated heterocycles. The standard InChI is InChI=1S/C15H7N3O4/c16-8-9-7-10(18(21)22)5-6-13(9)17-14(19)11-3-1-2-4-12(11)15(17)20/h1-7H. The first-order chi connectivity index (χ1) is 10.5. The van der Waals surface area contributed by atoms with Gasteiger partial charge >= 0.3 is 0 Å². The van der Waals surface area contributed by atoms with Crippen LogP contribution in [0, 0.1) is 21.4 Å². The van der Waals surface area contributed by atoms with E-state index in [1.165, 1.54) is 18.2 Å². The second kappa shape index (κ2) is 4.79. The van der Waals surface area contributed by atoms with Crippen molar-refractivity contribution in [3.63, 3.8) is 0 Å². The van der Waals surface area contributed by atoms with Crippen LogP contribution >= 0.6 is 0 Å². The lowest BCUT2D eigenvalue weighted by Gasteiger charge is -2.15. The molecule has 2 aromatic carbocycles. The molecule has 2 aromatic rings. The molecule has 0 radical (unpaired) electrons. The van der Waals surface area contributed by atoms with E-state index >= 15 is 0 Å². The molecule has 1 aliphatic heterocycles. The maximum absolute atomic E-state index is 12.4. The van der Waals surface area contributed by atoms with Gasteiger partial charge < -0.3 is 0 Å². The molecule has 0 fully saturated rings. The first-order valence-electron chi connectivity index (χ1n) is 6.21. The second-order valence-electron chi connectivity index (χ2n) is 4.56. The first-order valence-corrected chi connectivity index (χ1v) is 6.21. The van der Waals surface area contributed by atoms with E-state index in [4.69, 9.17) is 5.26 Å². The van der Waals surface area contributed by atoms with E-state index in [1.807, 2.05) is 0 Å². The van der Waals surface area contributed by atoms with E-state index in [2.05, 4.69) is 0 Å². The molecule has 106 valence electrons. The van der Waals surface area contributed by atoms with E-state index in [9.17, 15) is 19.7 Å². The number of rotatable bonds is 2. The zero-order valence-corrected chi connectivity index (χ0v) is 11.0. The van der Waals surface area contributed by atoms with E-state index in [1.54, 1.807) is 18.2 Å². The summed E-state index contributed by atoms with van der Waals surface area (Å²) in [5.74, 6) is -1.10. The third kappa shape index (κ3) is 1.83. The maximum atomic E-state index is 12.4. The van der Waals surface area contributed by atoms with Gasteiger partial charge in [-0.15, -0.1) is 0 Å². The summed E-state index contributed by atoms with van der Waals surface area (Å²) < 4.78 is 0. The average Bonchev–Trinajstić information content (AvgIpc) is 2.78. The van der Waals surface area contributed by atoms with Gasteiger partial charge in [-0.1, -0.05) is 12.1 Å². The zero-order valence-electron chi connectivity index (χ0n) is 11.0. The molecule has 1 heterocycles. The Labute approximate surface area is 124 Å². The number of non-ortho nitro benzene ring substituents is 1. The van der Waals surface area contributed by atoms with E-state index < -0.39 is 16.7 Å². The van der Waals surface area contributed by atoms with Crippen molar-refractivity contribution >= 4 is 23.2 Å². The predicted molar refractivity (Wildman–Crippen MR) is 75.4 cm³/mol. The fourth-order valence-electron chi connectivity index (χ4n) is 2.33. The number of nitriles is 1. The summed E-state index contributed by atoms with van der Waals surface area (Å²) in [6, 6.07) is 11.5. The van der Waals surface area contributed by atoms with Gasteiger partial charge in [0.1, 0.15) is 6.07 Å². The highest BCUT2D eigenvalue weighted by Gasteiger charge is 2.37. The number of nitrogens with zero attached hydrogens (tertiary/aromatic N) is 3. The van der Waals surface area contributed by atoms with Crippen LogP contribution in [0.3, 0.4) is 0 Å². The van der Waals surface area contributed by atoms with Gasteiger partial charge in [-0.25, -0.2) is 4.90 Å². The Morgan fingerprint density at radius 2 is 1.64 bits per heavy atom. The Morgan fingerprint density at radius 1 is 1.05 bits per heavy atom. The number of amides is 2. The molecule has 0 N–H and O–H groups in total. The second-order valence-corrected chi connectivity index (χ2v) is 4.56. The summed E-state index contributed by atoms with van der Waals surface area (Å²) in [4.78, 5) is 35.7. The number of nitro groups is 1. The first kappa shape index (κ1) is 13.5. The van der Waals surface area contributed by atoms with Crippen LogP contribution in [0.5, 0.6) is 0 Å². The number of benzene rings is 2. The highest BCUT2D eigenvalue weighted by atomic mass is 16.6. The Kier molecular flexibility index (Phi) is 2.93. The van der Waals surface area contributed by atoms with Crippen molar-refractivity contribution in [1.29, 1.82) is 5.26 Å². The van der Waals surface area contributed by atoms with Gasteiger partial charge in [0.2, 0.25) is 0 Å². The lowest BCUT2D eigenvalue weighted by atomic mass is 10.1. The summed E-state index contributed by atoms with van der Waals surface area (Å²) in [5.41, 5.74) is 0.143. The topological polar surface area (TPSA) is 104 Å². The number of nitro benzene ring substituents is 1. The largest absolute Gasteiger partial charge is 0.270 e.